The summed E-state index contributed by atoms with van der Waals surface area (Å²) in [5, 5.41) is 10.6. The number of phosphoric ester groups is 2. The molecule has 0 aromatic carbocycles. The molecule has 19 heteroatoms. The predicted molar refractivity (Wildman–Crippen MR) is 405 cm³/mol. The molecule has 0 fully saturated rings. The molecule has 5 atom stereocenters. The minimum atomic E-state index is -4.96. The second-order valence-corrected chi connectivity index (χ2v) is 32.2. The minimum absolute atomic E-state index is 0.106. The Kier molecular flexibility index (Phi) is 71.6. The van der Waals surface area contributed by atoms with Crippen molar-refractivity contribution in [3.63, 3.8) is 0 Å². The highest BCUT2D eigenvalue weighted by Gasteiger charge is 2.30. The molecule has 0 aliphatic heterocycles. The Labute approximate surface area is 607 Å². The number of unbranched alkanes of at least 4 members (excludes halogenated alkanes) is 52. The maximum Gasteiger partial charge on any atom is 0.472 e. The van der Waals surface area contributed by atoms with Gasteiger partial charge in [0.15, 0.2) is 12.2 Å². The van der Waals surface area contributed by atoms with Crippen molar-refractivity contribution in [1.82, 2.24) is 0 Å². The quantitative estimate of drug-likeness (QED) is 0.0222. The maximum atomic E-state index is 13.1. The number of aliphatic hydroxyl groups excluding tert-OH is 1. The van der Waals surface area contributed by atoms with Crippen molar-refractivity contribution >= 4 is 39.5 Å². The number of rotatable bonds is 80. The first kappa shape index (κ1) is 97.1. The van der Waals surface area contributed by atoms with E-state index in [4.69, 9.17) is 37.0 Å². The third-order valence-corrected chi connectivity index (χ3v) is 20.7. The Morgan fingerprint density at radius 3 is 0.687 bits per heavy atom. The molecule has 3 N–H and O–H groups in total. The van der Waals surface area contributed by atoms with Gasteiger partial charge < -0.3 is 33.8 Å². The van der Waals surface area contributed by atoms with E-state index in [-0.39, 0.29) is 25.7 Å². The number of carbonyl (C=O) groups is 4. The van der Waals surface area contributed by atoms with Crippen LogP contribution in [0.1, 0.15) is 426 Å². The summed E-state index contributed by atoms with van der Waals surface area (Å²) in [6.07, 6.45) is 64.1. The van der Waals surface area contributed by atoms with Gasteiger partial charge >= 0.3 is 39.5 Å². The molecule has 0 aromatic rings. The Morgan fingerprint density at radius 2 is 0.465 bits per heavy atom. The highest BCUT2D eigenvalue weighted by Crippen LogP contribution is 2.45. The number of hydrogen-bond acceptors (Lipinski definition) is 15. The van der Waals surface area contributed by atoms with Crippen LogP contribution >= 0.6 is 15.6 Å². The molecule has 588 valence electrons. The summed E-state index contributed by atoms with van der Waals surface area (Å²) in [5.41, 5.74) is 0. The first-order valence-corrected chi connectivity index (χ1v) is 44.6. The van der Waals surface area contributed by atoms with Crippen molar-refractivity contribution in [2.24, 2.45) is 5.92 Å². The zero-order chi connectivity index (χ0) is 72.7. The van der Waals surface area contributed by atoms with Crippen LogP contribution in [0.15, 0.2) is 0 Å². The molecule has 0 spiro atoms. The van der Waals surface area contributed by atoms with E-state index in [1.807, 2.05) is 0 Å². The molecule has 0 amide bonds. The zero-order valence-corrected chi connectivity index (χ0v) is 66.4. The largest absolute Gasteiger partial charge is 0.472 e. The Hall–Kier alpha value is -1.94. The summed E-state index contributed by atoms with van der Waals surface area (Å²) in [5.74, 6) is -1.30. The van der Waals surface area contributed by atoms with Gasteiger partial charge in [-0.1, -0.05) is 375 Å². The molecule has 0 heterocycles. The molecule has 0 aromatic heterocycles. The maximum absolute atomic E-state index is 13.1. The lowest BCUT2D eigenvalue weighted by atomic mass is 10.0. The van der Waals surface area contributed by atoms with Crippen molar-refractivity contribution < 1.29 is 80.2 Å². The number of esters is 4. The van der Waals surface area contributed by atoms with Gasteiger partial charge in [0, 0.05) is 25.7 Å². The summed E-state index contributed by atoms with van der Waals surface area (Å²) in [7, 11) is -9.91. The van der Waals surface area contributed by atoms with E-state index < -0.39 is 97.5 Å². The molecule has 0 saturated carbocycles. The van der Waals surface area contributed by atoms with Crippen molar-refractivity contribution in [2.45, 2.75) is 445 Å². The predicted octanol–water partition coefficient (Wildman–Crippen LogP) is 24.0. The van der Waals surface area contributed by atoms with Gasteiger partial charge in [0.1, 0.15) is 19.3 Å². The third kappa shape index (κ3) is 74.1. The topological polar surface area (TPSA) is 237 Å². The van der Waals surface area contributed by atoms with Crippen LogP contribution in [-0.4, -0.2) is 96.7 Å². The smallest absolute Gasteiger partial charge is 0.462 e. The molecule has 0 rings (SSSR count). The lowest BCUT2D eigenvalue weighted by Gasteiger charge is -2.21. The molecular formula is C80H156O17P2. The fourth-order valence-electron chi connectivity index (χ4n) is 12.4. The Balaban J connectivity index is 5.15. The van der Waals surface area contributed by atoms with Crippen molar-refractivity contribution in [3.05, 3.63) is 0 Å². The van der Waals surface area contributed by atoms with E-state index in [0.29, 0.717) is 25.7 Å². The van der Waals surface area contributed by atoms with Gasteiger partial charge in [0.05, 0.1) is 26.4 Å². The van der Waals surface area contributed by atoms with Gasteiger partial charge in [0.2, 0.25) is 0 Å². The van der Waals surface area contributed by atoms with E-state index in [2.05, 4.69) is 34.6 Å². The molecule has 99 heavy (non-hydrogen) atoms. The molecule has 0 aliphatic rings. The highest BCUT2D eigenvalue weighted by molar-refractivity contribution is 7.47. The Bertz CT molecular complexity index is 1890. The second kappa shape index (κ2) is 73.0. The molecule has 2 unspecified atom stereocenters. The molecular weight excluding hydrogens is 1290 g/mol. The van der Waals surface area contributed by atoms with E-state index in [1.54, 1.807) is 0 Å². The molecule has 0 saturated heterocycles. The van der Waals surface area contributed by atoms with Gasteiger partial charge in [-0.25, -0.2) is 9.13 Å². The molecule has 0 bridgehead atoms. The van der Waals surface area contributed by atoms with Crippen molar-refractivity contribution in [1.29, 1.82) is 0 Å². The van der Waals surface area contributed by atoms with Gasteiger partial charge in [-0.3, -0.25) is 37.3 Å². The van der Waals surface area contributed by atoms with Crippen LogP contribution in [0, 0.1) is 5.92 Å². The minimum Gasteiger partial charge on any atom is -0.462 e. The SMILES string of the molecule is CCCCCCCCCCCCCCCCCCCCCCCCC(=O)O[C@H](COC(=O)CCCCCCCCCCCCCCCCCCC(C)C)COP(=O)(O)OC[C@@H](O)COP(=O)(O)OC[C@@H](COC(=O)CCCCCCCCCCC)OC(=O)CCCCCCCCCCC. The van der Waals surface area contributed by atoms with E-state index in [1.165, 1.54) is 250 Å². The number of hydrogen-bond donors (Lipinski definition) is 3. The van der Waals surface area contributed by atoms with Gasteiger partial charge in [-0.05, 0) is 31.6 Å². The first-order chi connectivity index (χ1) is 48.0. The van der Waals surface area contributed by atoms with Crippen LogP contribution in [0.4, 0.5) is 0 Å². The van der Waals surface area contributed by atoms with Crippen LogP contribution in [-0.2, 0) is 65.4 Å². The average molecular weight is 1450 g/mol. The number of ether oxygens (including phenoxy) is 4. The lowest BCUT2D eigenvalue weighted by Crippen LogP contribution is -2.30. The van der Waals surface area contributed by atoms with Gasteiger partial charge in [-0.15, -0.1) is 0 Å². The third-order valence-electron chi connectivity index (χ3n) is 18.8. The van der Waals surface area contributed by atoms with Crippen LogP contribution in [0.3, 0.4) is 0 Å². The van der Waals surface area contributed by atoms with Gasteiger partial charge in [0.25, 0.3) is 0 Å². The van der Waals surface area contributed by atoms with Gasteiger partial charge in [-0.2, -0.15) is 0 Å². The molecule has 0 radical (unpaired) electrons. The number of aliphatic hydroxyl groups is 1. The fraction of sp³-hybridized carbons (Fsp3) is 0.950. The van der Waals surface area contributed by atoms with E-state index in [0.717, 1.165) is 95.8 Å². The standard InChI is InChI=1S/C80H156O17P2/c1-6-9-12-15-18-21-22-23-24-25-26-27-28-29-30-35-38-41-46-51-56-61-66-80(85)97-76(70-91-78(83)64-59-54-49-45-40-37-34-32-31-33-36-39-44-47-52-57-62-73(4)5)72-95-99(88,89)93-68-74(81)67-92-98(86,87)94-71-75(96-79(84)65-60-55-50-43-20-17-14-11-8-3)69-90-77(82)63-58-53-48-42-19-16-13-10-7-2/h73-76,81H,6-72H2,1-5H3,(H,86,87)(H,88,89)/t74-,75+,76+/m0/s1. The van der Waals surface area contributed by atoms with Crippen LogP contribution in [0.5, 0.6) is 0 Å². The fourth-order valence-corrected chi connectivity index (χ4v) is 14.0. The summed E-state index contributed by atoms with van der Waals surface area (Å²) < 4.78 is 68.5. The number of phosphoric acid groups is 2. The Morgan fingerprint density at radius 1 is 0.273 bits per heavy atom. The van der Waals surface area contributed by atoms with Crippen LogP contribution < -0.4 is 0 Å². The molecule has 0 aliphatic carbocycles. The highest BCUT2D eigenvalue weighted by atomic mass is 31.2. The van der Waals surface area contributed by atoms with E-state index in [9.17, 15) is 43.2 Å². The summed E-state index contributed by atoms with van der Waals surface area (Å²) >= 11 is 0. The number of carbonyl (C=O) groups excluding carboxylic acids is 4. The summed E-state index contributed by atoms with van der Waals surface area (Å²) in [4.78, 5) is 72.8. The second-order valence-electron chi connectivity index (χ2n) is 29.3. The monoisotopic (exact) mass is 1450 g/mol. The summed E-state index contributed by atoms with van der Waals surface area (Å²) in [6, 6.07) is 0. The lowest BCUT2D eigenvalue weighted by molar-refractivity contribution is -0.161. The van der Waals surface area contributed by atoms with Crippen molar-refractivity contribution in [3.8, 4) is 0 Å². The van der Waals surface area contributed by atoms with Crippen LogP contribution in [0.25, 0.3) is 0 Å². The molecule has 17 nitrogen and oxygen atoms in total. The van der Waals surface area contributed by atoms with Crippen molar-refractivity contribution in [2.75, 3.05) is 39.6 Å². The van der Waals surface area contributed by atoms with E-state index >= 15 is 0 Å². The average Bonchev–Trinajstić information content (AvgIpc) is 1.25. The van der Waals surface area contributed by atoms with Crippen LogP contribution in [0.2, 0.25) is 0 Å². The summed E-state index contributed by atoms with van der Waals surface area (Å²) in [6.45, 7) is 7.31. The normalized spacial score (nSPS) is 13.9. The zero-order valence-electron chi connectivity index (χ0n) is 64.6. The first-order valence-electron chi connectivity index (χ1n) is 41.6.